The number of ether oxygens (including phenoxy) is 2. The van der Waals surface area contributed by atoms with Gasteiger partial charge in [0.05, 0.1) is 13.7 Å². The van der Waals surface area contributed by atoms with Gasteiger partial charge in [-0.3, -0.25) is 0 Å². The van der Waals surface area contributed by atoms with Crippen LogP contribution in [0.3, 0.4) is 0 Å². The van der Waals surface area contributed by atoms with Crippen molar-refractivity contribution in [2.24, 2.45) is 5.73 Å². The molecule has 0 saturated carbocycles. The van der Waals surface area contributed by atoms with Gasteiger partial charge in [0.25, 0.3) is 0 Å². The summed E-state index contributed by atoms with van der Waals surface area (Å²) in [5, 5.41) is 0. The van der Waals surface area contributed by atoms with Crippen LogP contribution in [-0.4, -0.2) is 26.4 Å². The Morgan fingerprint density at radius 1 is 1.33 bits per heavy atom. The molecule has 1 aromatic rings. The van der Waals surface area contributed by atoms with Crippen LogP contribution in [0.15, 0.2) is 18.2 Å². The van der Waals surface area contributed by atoms with E-state index in [4.69, 9.17) is 15.2 Å². The monoisotopic (exact) mass is 273 g/mol. The predicted molar refractivity (Wildman–Crippen MR) is 77.8 cm³/mol. The van der Waals surface area contributed by atoms with Crippen molar-refractivity contribution in [3.05, 3.63) is 29.3 Å². The van der Waals surface area contributed by atoms with E-state index in [1.165, 1.54) is 11.1 Å². The van der Waals surface area contributed by atoms with Crippen molar-refractivity contribution in [3.63, 3.8) is 0 Å². The van der Waals surface area contributed by atoms with E-state index in [1.54, 1.807) is 7.11 Å². The largest absolute Gasteiger partial charge is 0.496 e. The van der Waals surface area contributed by atoms with Gasteiger partial charge < -0.3 is 15.2 Å². The maximum absolute atomic E-state index is 5.84. The van der Waals surface area contributed by atoms with Gasteiger partial charge in [-0.2, -0.15) is 0 Å². The molecular formula is C14H24ClNO2. The molecule has 104 valence electrons. The highest BCUT2D eigenvalue weighted by atomic mass is 35.5. The molecule has 1 aromatic carbocycles. The Kier molecular flexibility index (Phi) is 8.81. The number of halogens is 1. The number of hydrogen-bond acceptors (Lipinski definition) is 3. The van der Waals surface area contributed by atoms with Crippen LogP contribution in [0.1, 0.15) is 25.0 Å². The third-order valence-electron chi connectivity index (χ3n) is 2.63. The fourth-order valence-corrected chi connectivity index (χ4v) is 1.83. The highest BCUT2D eigenvalue weighted by Crippen LogP contribution is 2.21. The van der Waals surface area contributed by atoms with Gasteiger partial charge in [-0.05, 0) is 43.9 Å². The number of benzene rings is 1. The fourth-order valence-electron chi connectivity index (χ4n) is 1.83. The second kappa shape index (κ2) is 9.20. The summed E-state index contributed by atoms with van der Waals surface area (Å²) in [5.41, 5.74) is 8.29. The SMILES string of the molecule is CCOCCc1ccc(OC)c(CC(C)N)c1.Cl. The van der Waals surface area contributed by atoms with E-state index < -0.39 is 0 Å². The quantitative estimate of drug-likeness (QED) is 0.777. The average molecular weight is 274 g/mol. The third kappa shape index (κ3) is 5.71. The molecule has 1 rings (SSSR count). The first kappa shape index (κ1) is 17.2. The van der Waals surface area contributed by atoms with Crippen molar-refractivity contribution in [3.8, 4) is 5.75 Å². The molecule has 0 spiro atoms. The molecule has 0 bridgehead atoms. The number of methoxy groups -OCH3 is 1. The summed E-state index contributed by atoms with van der Waals surface area (Å²) in [7, 11) is 1.69. The van der Waals surface area contributed by atoms with Gasteiger partial charge in [0.1, 0.15) is 5.75 Å². The molecule has 0 amide bonds. The standard InChI is InChI=1S/C14H23NO2.ClH/c1-4-17-8-7-12-5-6-14(16-3)13(10-12)9-11(2)15;/h5-6,10-11H,4,7-9,15H2,1-3H3;1H. The average Bonchev–Trinajstić information content (AvgIpc) is 2.29. The lowest BCUT2D eigenvalue weighted by molar-refractivity contribution is 0.151. The Labute approximate surface area is 116 Å². The molecule has 3 nitrogen and oxygen atoms in total. The second-order valence-corrected chi connectivity index (χ2v) is 4.27. The Morgan fingerprint density at radius 3 is 2.61 bits per heavy atom. The summed E-state index contributed by atoms with van der Waals surface area (Å²) in [6, 6.07) is 6.41. The maximum atomic E-state index is 5.84. The molecule has 0 fully saturated rings. The molecule has 4 heteroatoms. The van der Waals surface area contributed by atoms with E-state index in [1.807, 2.05) is 19.9 Å². The van der Waals surface area contributed by atoms with E-state index in [9.17, 15) is 0 Å². The van der Waals surface area contributed by atoms with Crippen LogP contribution >= 0.6 is 12.4 Å². The van der Waals surface area contributed by atoms with E-state index in [-0.39, 0.29) is 18.4 Å². The molecule has 0 heterocycles. The van der Waals surface area contributed by atoms with Crippen molar-refractivity contribution in [1.82, 2.24) is 0 Å². The third-order valence-corrected chi connectivity index (χ3v) is 2.63. The summed E-state index contributed by atoms with van der Waals surface area (Å²) in [5.74, 6) is 0.919. The Balaban J connectivity index is 0.00000289. The maximum Gasteiger partial charge on any atom is 0.122 e. The van der Waals surface area contributed by atoms with Crippen molar-refractivity contribution in [2.75, 3.05) is 20.3 Å². The summed E-state index contributed by atoms with van der Waals surface area (Å²) in [6.45, 7) is 5.55. The Bertz CT molecular complexity index is 343. The lowest BCUT2D eigenvalue weighted by atomic mass is 10.0. The zero-order chi connectivity index (χ0) is 12.7. The number of nitrogens with two attached hydrogens (primary N) is 1. The van der Waals surface area contributed by atoms with Crippen LogP contribution in [0.25, 0.3) is 0 Å². The molecule has 0 saturated heterocycles. The highest BCUT2D eigenvalue weighted by molar-refractivity contribution is 5.85. The van der Waals surface area contributed by atoms with Gasteiger partial charge in [-0.25, -0.2) is 0 Å². The van der Waals surface area contributed by atoms with Gasteiger partial charge in [-0.15, -0.1) is 12.4 Å². The van der Waals surface area contributed by atoms with E-state index in [0.717, 1.165) is 31.8 Å². The normalized spacial score (nSPS) is 11.8. The molecule has 1 unspecified atom stereocenters. The van der Waals surface area contributed by atoms with Gasteiger partial charge in [0.2, 0.25) is 0 Å². The van der Waals surface area contributed by atoms with Crippen LogP contribution in [0.2, 0.25) is 0 Å². The minimum absolute atomic E-state index is 0. The van der Waals surface area contributed by atoms with Crippen molar-refractivity contribution >= 4 is 12.4 Å². The molecule has 0 aliphatic carbocycles. The molecule has 1 atom stereocenters. The molecule has 18 heavy (non-hydrogen) atoms. The Hall–Kier alpha value is -0.770. The van der Waals surface area contributed by atoms with Crippen molar-refractivity contribution < 1.29 is 9.47 Å². The zero-order valence-electron chi connectivity index (χ0n) is 11.4. The first-order valence-corrected chi connectivity index (χ1v) is 6.16. The van der Waals surface area contributed by atoms with Crippen molar-refractivity contribution in [2.45, 2.75) is 32.7 Å². The summed E-state index contributed by atoms with van der Waals surface area (Å²) in [6.07, 6.45) is 1.77. The van der Waals surface area contributed by atoms with E-state index in [2.05, 4.69) is 12.1 Å². The van der Waals surface area contributed by atoms with Gasteiger partial charge in [0.15, 0.2) is 0 Å². The van der Waals surface area contributed by atoms with E-state index in [0.29, 0.717) is 0 Å². The molecule has 0 aliphatic heterocycles. The van der Waals surface area contributed by atoms with Gasteiger partial charge in [-0.1, -0.05) is 12.1 Å². The number of hydrogen-bond donors (Lipinski definition) is 1. The minimum atomic E-state index is 0. The van der Waals surface area contributed by atoms with Crippen LogP contribution < -0.4 is 10.5 Å². The summed E-state index contributed by atoms with van der Waals surface area (Å²) < 4.78 is 10.7. The number of rotatable bonds is 7. The fraction of sp³-hybridized carbons (Fsp3) is 0.571. The molecule has 0 radical (unpaired) electrons. The van der Waals surface area contributed by atoms with E-state index >= 15 is 0 Å². The van der Waals surface area contributed by atoms with Crippen LogP contribution in [-0.2, 0) is 17.6 Å². The second-order valence-electron chi connectivity index (χ2n) is 4.27. The van der Waals surface area contributed by atoms with Crippen molar-refractivity contribution in [1.29, 1.82) is 0 Å². The first-order valence-electron chi connectivity index (χ1n) is 6.16. The van der Waals surface area contributed by atoms with Crippen LogP contribution in [0.4, 0.5) is 0 Å². The highest BCUT2D eigenvalue weighted by Gasteiger charge is 2.06. The molecular weight excluding hydrogens is 250 g/mol. The molecule has 2 N–H and O–H groups in total. The topological polar surface area (TPSA) is 44.5 Å². The zero-order valence-corrected chi connectivity index (χ0v) is 12.3. The lowest BCUT2D eigenvalue weighted by Crippen LogP contribution is -2.18. The van der Waals surface area contributed by atoms with Gasteiger partial charge in [0, 0.05) is 12.6 Å². The van der Waals surface area contributed by atoms with Gasteiger partial charge >= 0.3 is 0 Å². The molecule has 0 aromatic heterocycles. The smallest absolute Gasteiger partial charge is 0.122 e. The lowest BCUT2D eigenvalue weighted by Gasteiger charge is -2.12. The van der Waals surface area contributed by atoms with Crippen LogP contribution in [0, 0.1) is 0 Å². The predicted octanol–water partition coefficient (Wildman–Crippen LogP) is 2.59. The molecule has 0 aliphatic rings. The summed E-state index contributed by atoms with van der Waals surface area (Å²) in [4.78, 5) is 0. The summed E-state index contributed by atoms with van der Waals surface area (Å²) >= 11 is 0. The minimum Gasteiger partial charge on any atom is -0.496 e. The first-order chi connectivity index (χ1) is 8.17. The Morgan fingerprint density at radius 2 is 2.06 bits per heavy atom. The van der Waals surface area contributed by atoms with Crippen LogP contribution in [0.5, 0.6) is 5.75 Å².